The molecule has 3 rings (SSSR count). The quantitative estimate of drug-likeness (QED) is 0.700. The third kappa shape index (κ3) is 1.56. The number of aromatic nitrogens is 2. The molecule has 3 heterocycles. The smallest absolute Gasteiger partial charge is 0.0538 e. The van der Waals surface area contributed by atoms with Crippen molar-refractivity contribution in [3.8, 4) is 0 Å². The van der Waals surface area contributed by atoms with Crippen molar-refractivity contribution < 1.29 is 0 Å². The first-order valence-electron chi connectivity index (χ1n) is 4.21. The summed E-state index contributed by atoms with van der Waals surface area (Å²) in [7, 11) is 0. The molecule has 5 heteroatoms. The molecule has 0 aromatic carbocycles. The predicted molar refractivity (Wildman–Crippen MR) is 55.7 cm³/mol. The van der Waals surface area contributed by atoms with Crippen LogP contribution in [-0.4, -0.2) is 16.2 Å². The molecule has 1 fully saturated rings. The molecule has 0 saturated carbocycles. The van der Waals surface area contributed by atoms with Gasteiger partial charge in [-0.15, -0.1) is 24.8 Å². The number of halogens is 2. The van der Waals surface area contributed by atoms with E-state index in [-0.39, 0.29) is 24.8 Å². The minimum atomic E-state index is 0. The van der Waals surface area contributed by atoms with Crippen LogP contribution in [0.15, 0.2) is 6.20 Å². The summed E-state index contributed by atoms with van der Waals surface area (Å²) in [6, 6.07) is 1.32. The standard InChI is InChI=1S/C8H11N3.2ClH/c1-2-7-6-4-9-11-8(6)3-5(1)10-7;;/h4-5,7,10H,1-3H2,(H,9,11);2*1H. The van der Waals surface area contributed by atoms with E-state index in [1.165, 1.54) is 24.1 Å². The molecule has 1 aromatic rings. The lowest BCUT2D eigenvalue weighted by Crippen LogP contribution is -2.31. The zero-order valence-electron chi connectivity index (χ0n) is 7.12. The van der Waals surface area contributed by atoms with Crippen molar-refractivity contribution in [2.75, 3.05) is 0 Å². The van der Waals surface area contributed by atoms with Gasteiger partial charge in [-0.2, -0.15) is 5.10 Å². The summed E-state index contributed by atoms with van der Waals surface area (Å²) in [4.78, 5) is 0. The Balaban J connectivity index is 0.000000422. The average Bonchev–Trinajstić information content (AvgIpc) is 2.58. The van der Waals surface area contributed by atoms with Crippen molar-refractivity contribution in [2.24, 2.45) is 0 Å². The molecule has 1 aromatic heterocycles. The molecule has 0 aliphatic carbocycles. The van der Waals surface area contributed by atoms with E-state index in [2.05, 4.69) is 15.5 Å². The average molecular weight is 222 g/mol. The van der Waals surface area contributed by atoms with E-state index in [1.807, 2.05) is 6.20 Å². The van der Waals surface area contributed by atoms with E-state index in [4.69, 9.17) is 0 Å². The monoisotopic (exact) mass is 221 g/mol. The summed E-state index contributed by atoms with van der Waals surface area (Å²) in [5.74, 6) is 0. The van der Waals surface area contributed by atoms with Gasteiger partial charge in [0.1, 0.15) is 0 Å². The highest BCUT2D eigenvalue weighted by atomic mass is 35.5. The second-order valence-electron chi connectivity index (χ2n) is 3.50. The Bertz CT molecular complexity index is 287. The lowest BCUT2D eigenvalue weighted by molar-refractivity contribution is 0.511. The molecule has 2 aliphatic rings. The highest BCUT2D eigenvalue weighted by Gasteiger charge is 2.32. The summed E-state index contributed by atoms with van der Waals surface area (Å²) in [6.07, 6.45) is 5.73. The van der Waals surface area contributed by atoms with Crippen molar-refractivity contribution in [2.45, 2.75) is 31.3 Å². The van der Waals surface area contributed by atoms with E-state index in [0.29, 0.717) is 12.1 Å². The van der Waals surface area contributed by atoms with E-state index >= 15 is 0 Å². The molecule has 2 atom stereocenters. The molecule has 2 bridgehead atoms. The van der Waals surface area contributed by atoms with Crippen LogP contribution in [0.4, 0.5) is 0 Å². The molecule has 1 saturated heterocycles. The van der Waals surface area contributed by atoms with Gasteiger partial charge in [0.2, 0.25) is 0 Å². The van der Waals surface area contributed by atoms with Crippen LogP contribution in [-0.2, 0) is 6.42 Å². The molecule has 0 amide bonds. The van der Waals surface area contributed by atoms with Gasteiger partial charge >= 0.3 is 0 Å². The Morgan fingerprint density at radius 1 is 1.31 bits per heavy atom. The third-order valence-corrected chi connectivity index (χ3v) is 2.82. The lowest BCUT2D eigenvalue weighted by Gasteiger charge is -2.20. The minimum Gasteiger partial charge on any atom is -0.307 e. The molecular weight excluding hydrogens is 209 g/mol. The topological polar surface area (TPSA) is 40.7 Å². The first-order valence-corrected chi connectivity index (χ1v) is 4.21. The molecule has 2 aliphatic heterocycles. The van der Waals surface area contributed by atoms with Gasteiger partial charge in [0, 0.05) is 29.8 Å². The fraction of sp³-hybridized carbons (Fsp3) is 0.625. The molecule has 0 spiro atoms. The van der Waals surface area contributed by atoms with Gasteiger partial charge < -0.3 is 5.32 Å². The van der Waals surface area contributed by atoms with Gasteiger partial charge in [-0.05, 0) is 12.8 Å². The number of hydrogen-bond acceptors (Lipinski definition) is 2. The van der Waals surface area contributed by atoms with Gasteiger partial charge in [0.25, 0.3) is 0 Å². The van der Waals surface area contributed by atoms with Crippen LogP contribution in [0.5, 0.6) is 0 Å². The maximum absolute atomic E-state index is 4.06. The highest BCUT2D eigenvalue weighted by molar-refractivity contribution is 5.85. The first kappa shape index (κ1) is 10.8. The maximum atomic E-state index is 4.06. The minimum absolute atomic E-state index is 0. The maximum Gasteiger partial charge on any atom is 0.0538 e. The van der Waals surface area contributed by atoms with Crippen LogP contribution >= 0.6 is 24.8 Å². The zero-order valence-corrected chi connectivity index (χ0v) is 8.75. The molecule has 13 heavy (non-hydrogen) atoms. The van der Waals surface area contributed by atoms with Crippen LogP contribution in [0, 0.1) is 0 Å². The first-order chi connectivity index (χ1) is 5.43. The molecular formula is C8H13Cl2N3. The summed E-state index contributed by atoms with van der Waals surface area (Å²) in [5.41, 5.74) is 2.76. The second-order valence-corrected chi connectivity index (χ2v) is 3.50. The van der Waals surface area contributed by atoms with Crippen LogP contribution in [0.2, 0.25) is 0 Å². The summed E-state index contributed by atoms with van der Waals surface area (Å²) < 4.78 is 0. The number of nitrogens with one attached hydrogen (secondary N) is 2. The predicted octanol–water partition coefficient (Wildman–Crippen LogP) is 1.60. The van der Waals surface area contributed by atoms with E-state index in [1.54, 1.807) is 0 Å². The van der Waals surface area contributed by atoms with Crippen LogP contribution in [0.1, 0.15) is 30.1 Å². The van der Waals surface area contributed by atoms with Crippen molar-refractivity contribution in [3.63, 3.8) is 0 Å². The second kappa shape index (κ2) is 3.86. The Morgan fingerprint density at radius 2 is 2.15 bits per heavy atom. The van der Waals surface area contributed by atoms with Crippen molar-refractivity contribution in [1.82, 2.24) is 15.5 Å². The number of hydrogen-bond donors (Lipinski definition) is 2. The SMILES string of the molecule is Cl.Cl.c1n[nH]c2c1C1CCC(C2)N1. The molecule has 3 nitrogen and oxygen atoms in total. The van der Waals surface area contributed by atoms with Gasteiger partial charge in [0.05, 0.1) is 6.20 Å². The molecule has 2 unspecified atom stereocenters. The number of fused-ring (bicyclic) bond motifs is 4. The number of H-pyrrole nitrogens is 1. The Hall–Kier alpha value is -0.250. The summed E-state index contributed by atoms with van der Waals surface area (Å²) in [5, 5.41) is 10.7. The Morgan fingerprint density at radius 3 is 3.00 bits per heavy atom. The van der Waals surface area contributed by atoms with Crippen molar-refractivity contribution in [3.05, 3.63) is 17.5 Å². The summed E-state index contributed by atoms with van der Waals surface area (Å²) in [6.45, 7) is 0. The number of rotatable bonds is 0. The molecule has 2 N–H and O–H groups in total. The van der Waals surface area contributed by atoms with E-state index in [9.17, 15) is 0 Å². The fourth-order valence-corrected chi connectivity index (χ4v) is 2.26. The fourth-order valence-electron chi connectivity index (χ4n) is 2.26. The van der Waals surface area contributed by atoms with Crippen molar-refractivity contribution >= 4 is 24.8 Å². The van der Waals surface area contributed by atoms with Crippen LogP contribution < -0.4 is 5.32 Å². The van der Waals surface area contributed by atoms with Gasteiger partial charge in [-0.3, -0.25) is 5.10 Å². The highest BCUT2D eigenvalue weighted by Crippen LogP contribution is 2.34. The van der Waals surface area contributed by atoms with Gasteiger partial charge in [-0.1, -0.05) is 0 Å². The molecule has 74 valence electrons. The largest absolute Gasteiger partial charge is 0.307 e. The normalized spacial score (nSPS) is 28.6. The Labute approximate surface area is 89.5 Å². The van der Waals surface area contributed by atoms with Gasteiger partial charge in [-0.25, -0.2) is 0 Å². The third-order valence-electron chi connectivity index (χ3n) is 2.82. The van der Waals surface area contributed by atoms with Gasteiger partial charge in [0.15, 0.2) is 0 Å². The van der Waals surface area contributed by atoms with E-state index < -0.39 is 0 Å². The number of nitrogens with zero attached hydrogens (tertiary/aromatic N) is 1. The van der Waals surface area contributed by atoms with Crippen molar-refractivity contribution in [1.29, 1.82) is 0 Å². The zero-order chi connectivity index (χ0) is 7.26. The van der Waals surface area contributed by atoms with Crippen LogP contribution in [0.3, 0.4) is 0 Å². The lowest BCUT2D eigenvalue weighted by atomic mass is 10.0. The Kier molecular flexibility index (Phi) is 3.22. The van der Waals surface area contributed by atoms with E-state index in [0.717, 1.165) is 6.42 Å². The molecule has 0 radical (unpaired) electrons. The summed E-state index contributed by atoms with van der Waals surface area (Å²) >= 11 is 0. The van der Waals surface area contributed by atoms with Crippen LogP contribution in [0.25, 0.3) is 0 Å². The number of aromatic amines is 1.